The van der Waals surface area contributed by atoms with Gasteiger partial charge in [0.25, 0.3) is 0 Å². The fourth-order valence-electron chi connectivity index (χ4n) is 1.85. The van der Waals surface area contributed by atoms with Gasteiger partial charge in [0, 0.05) is 5.69 Å². The molecule has 0 aliphatic rings. The van der Waals surface area contributed by atoms with E-state index in [-0.39, 0.29) is 0 Å². The lowest BCUT2D eigenvalue weighted by molar-refractivity contribution is 0.363. The minimum Gasteiger partial charge on any atom is -0.496 e. The molecule has 0 fully saturated rings. The third kappa shape index (κ3) is 3.55. The van der Waals surface area contributed by atoms with Crippen molar-refractivity contribution in [2.75, 3.05) is 26.6 Å². The molecule has 1 aromatic carbocycles. The fraction of sp³-hybridized carbons (Fsp3) is 0.286. The molecule has 0 saturated carbocycles. The smallest absolute Gasteiger partial charge is 0.225 e. The van der Waals surface area contributed by atoms with Gasteiger partial charge in [-0.15, -0.1) is 0 Å². The highest BCUT2D eigenvalue weighted by molar-refractivity contribution is 9.10. The summed E-state index contributed by atoms with van der Waals surface area (Å²) in [5.74, 6) is 1.75. The number of nitrogens with zero attached hydrogens (tertiary/aromatic N) is 2. The Labute approximate surface area is 131 Å². The van der Waals surface area contributed by atoms with E-state index in [4.69, 9.17) is 14.2 Å². The number of hydrogen-bond acceptors (Lipinski definition) is 6. The number of ether oxygens (including phenoxy) is 3. The molecule has 7 heteroatoms. The van der Waals surface area contributed by atoms with Gasteiger partial charge in [-0.1, -0.05) is 0 Å². The van der Waals surface area contributed by atoms with Gasteiger partial charge in [0.2, 0.25) is 11.8 Å². The summed E-state index contributed by atoms with van der Waals surface area (Å²) in [7, 11) is 4.76. The lowest BCUT2D eigenvalue weighted by Crippen LogP contribution is -2.06. The Morgan fingerprint density at radius 1 is 1.05 bits per heavy atom. The molecule has 112 valence electrons. The first-order valence-corrected chi connectivity index (χ1v) is 6.98. The van der Waals surface area contributed by atoms with Crippen molar-refractivity contribution >= 4 is 21.6 Å². The second-order valence-corrected chi connectivity index (χ2v) is 4.93. The molecule has 0 unspecified atom stereocenters. The molecule has 0 amide bonds. The van der Waals surface area contributed by atoms with Crippen LogP contribution in [0.25, 0.3) is 0 Å². The Morgan fingerprint density at radius 3 is 2.24 bits per heavy atom. The summed E-state index contributed by atoms with van der Waals surface area (Å²) in [5, 5.41) is 3.28. The van der Waals surface area contributed by atoms with Crippen LogP contribution in [0.2, 0.25) is 0 Å². The van der Waals surface area contributed by atoms with E-state index >= 15 is 0 Å². The van der Waals surface area contributed by atoms with Gasteiger partial charge in [-0.3, -0.25) is 0 Å². The number of hydrogen-bond donors (Lipinski definition) is 1. The highest BCUT2D eigenvalue weighted by Crippen LogP contribution is 2.29. The third-order valence-corrected chi connectivity index (χ3v) is 3.49. The third-order valence-electron chi connectivity index (χ3n) is 2.87. The molecule has 6 nitrogen and oxygen atoms in total. The molecule has 0 spiro atoms. The number of methoxy groups -OCH3 is 3. The van der Waals surface area contributed by atoms with Crippen molar-refractivity contribution in [3.63, 3.8) is 0 Å². The summed E-state index contributed by atoms with van der Waals surface area (Å²) in [6.07, 6.45) is 1.41. The highest BCUT2D eigenvalue weighted by atomic mass is 79.9. The molecule has 2 aromatic rings. The van der Waals surface area contributed by atoms with Gasteiger partial charge in [0.1, 0.15) is 12.1 Å². The number of aromatic nitrogens is 2. The molecule has 1 heterocycles. The molecule has 0 saturated heterocycles. The van der Waals surface area contributed by atoms with Crippen LogP contribution in [0.1, 0.15) is 5.56 Å². The second-order valence-electron chi connectivity index (χ2n) is 4.07. The average Bonchev–Trinajstić information content (AvgIpc) is 2.52. The van der Waals surface area contributed by atoms with E-state index in [1.165, 1.54) is 6.33 Å². The van der Waals surface area contributed by atoms with Crippen LogP contribution in [0.5, 0.6) is 17.5 Å². The quantitative estimate of drug-likeness (QED) is 0.861. The molecule has 1 aromatic heterocycles. The highest BCUT2D eigenvalue weighted by Gasteiger charge is 2.12. The van der Waals surface area contributed by atoms with E-state index in [2.05, 4.69) is 31.2 Å². The van der Waals surface area contributed by atoms with Gasteiger partial charge in [-0.25, -0.2) is 9.97 Å². The first kappa shape index (κ1) is 15.4. The molecule has 1 N–H and O–H groups in total. The summed E-state index contributed by atoms with van der Waals surface area (Å²) in [6, 6.07) is 5.73. The van der Waals surface area contributed by atoms with E-state index in [1.54, 1.807) is 21.3 Å². The SMILES string of the molecule is COc1ccc(NCc2c(OC)ncnc2OC)cc1Br. The summed E-state index contributed by atoms with van der Waals surface area (Å²) < 4.78 is 16.5. The lowest BCUT2D eigenvalue weighted by Gasteiger charge is -2.13. The maximum absolute atomic E-state index is 5.24. The van der Waals surface area contributed by atoms with Crippen molar-refractivity contribution in [1.82, 2.24) is 9.97 Å². The molecular formula is C14H16BrN3O3. The van der Waals surface area contributed by atoms with E-state index in [9.17, 15) is 0 Å². The zero-order valence-electron chi connectivity index (χ0n) is 12.0. The topological polar surface area (TPSA) is 65.5 Å². The van der Waals surface area contributed by atoms with Crippen LogP contribution in [0.4, 0.5) is 5.69 Å². The van der Waals surface area contributed by atoms with Crippen LogP contribution in [0.15, 0.2) is 29.0 Å². The fourth-order valence-corrected chi connectivity index (χ4v) is 2.39. The van der Waals surface area contributed by atoms with Gasteiger partial charge in [0.15, 0.2) is 0 Å². The Kier molecular flexibility index (Phi) is 5.21. The van der Waals surface area contributed by atoms with E-state index in [0.717, 1.165) is 21.5 Å². The summed E-state index contributed by atoms with van der Waals surface area (Å²) in [6.45, 7) is 0.478. The van der Waals surface area contributed by atoms with Crippen molar-refractivity contribution in [2.45, 2.75) is 6.54 Å². The van der Waals surface area contributed by atoms with Gasteiger partial charge < -0.3 is 19.5 Å². The van der Waals surface area contributed by atoms with Crippen molar-refractivity contribution < 1.29 is 14.2 Å². The normalized spacial score (nSPS) is 10.1. The predicted octanol–water partition coefficient (Wildman–Crippen LogP) is 2.88. The van der Waals surface area contributed by atoms with Gasteiger partial charge in [-0.05, 0) is 34.1 Å². The summed E-state index contributed by atoms with van der Waals surface area (Å²) >= 11 is 3.45. The van der Waals surface area contributed by atoms with Gasteiger partial charge in [0.05, 0.1) is 37.9 Å². The molecule has 0 atom stereocenters. The maximum atomic E-state index is 5.24. The Hall–Kier alpha value is -2.02. The molecule has 0 bridgehead atoms. The van der Waals surface area contributed by atoms with Crippen LogP contribution in [0.3, 0.4) is 0 Å². The van der Waals surface area contributed by atoms with Crippen LogP contribution >= 0.6 is 15.9 Å². The molecule has 0 radical (unpaired) electrons. The van der Waals surface area contributed by atoms with Crippen molar-refractivity contribution in [3.8, 4) is 17.5 Å². The van der Waals surface area contributed by atoms with Crippen molar-refractivity contribution in [3.05, 3.63) is 34.6 Å². The Morgan fingerprint density at radius 2 is 1.71 bits per heavy atom. The van der Waals surface area contributed by atoms with Crippen LogP contribution in [-0.4, -0.2) is 31.3 Å². The monoisotopic (exact) mass is 353 g/mol. The minimum absolute atomic E-state index is 0.478. The average molecular weight is 354 g/mol. The molecular weight excluding hydrogens is 338 g/mol. The summed E-state index contributed by atoms with van der Waals surface area (Å²) in [4.78, 5) is 8.16. The van der Waals surface area contributed by atoms with Crippen molar-refractivity contribution in [1.29, 1.82) is 0 Å². The number of benzene rings is 1. The number of rotatable bonds is 6. The first-order chi connectivity index (χ1) is 10.2. The van der Waals surface area contributed by atoms with E-state index in [1.807, 2.05) is 18.2 Å². The Bertz CT molecular complexity index is 600. The maximum Gasteiger partial charge on any atom is 0.225 e. The second kappa shape index (κ2) is 7.12. The summed E-state index contributed by atoms with van der Waals surface area (Å²) in [5.41, 5.74) is 1.69. The molecule has 0 aliphatic carbocycles. The molecule has 0 aliphatic heterocycles. The van der Waals surface area contributed by atoms with Gasteiger partial charge in [-0.2, -0.15) is 0 Å². The largest absolute Gasteiger partial charge is 0.496 e. The lowest BCUT2D eigenvalue weighted by atomic mass is 10.2. The van der Waals surface area contributed by atoms with Crippen LogP contribution in [-0.2, 0) is 6.54 Å². The van der Waals surface area contributed by atoms with E-state index < -0.39 is 0 Å². The van der Waals surface area contributed by atoms with Crippen molar-refractivity contribution in [2.24, 2.45) is 0 Å². The molecule has 21 heavy (non-hydrogen) atoms. The number of nitrogens with one attached hydrogen (secondary N) is 1. The first-order valence-electron chi connectivity index (χ1n) is 6.18. The zero-order chi connectivity index (χ0) is 15.2. The number of halogens is 1. The molecule has 2 rings (SSSR count). The van der Waals surface area contributed by atoms with Crippen LogP contribution < -0.4 is 19.5 Å². The minimum atomic E-state index is 0.478. The zero-order valence-corrected chi connectivity index (χ0v) is 13.6. The number of anilines is 1. The van der Waals surface area contributed by atoms with Crippen LogP contribution in [0, 0.1) is 0 Å². The Balaban J connectivity index is 2.18. The van der Waals surface area contributed by atoms with E-state index in [0.29, 0.717) is 18.3 Å². The predicted molar refractivity (Wildman–Crippen MR) is 83.2 cm³/mol. The van der Waals surface area contributed by atoms with Gasteiger partial charge >= 0.3 is 0 Å². The standard InChI is InChI=1S/C14H16BrN3O3/c1-19-12-5-4-9(6-11(12)15)16-7-10-13(20-2)17-8-18-14(10)21-3/h4-6,8,16H,7H2,1-3H3.